The first-order valence-corrected chi connectivity index (χ1v) is 10.4. The molecule has 1 aromatic carbocycles. The molecule has 0 aliphatic carbocycles. The molecule has 0 atom stereocenters. The number of aryl methyl sites for hydroxylation is 1. The number of esters is 1. The van der Waals surface area contributed by atoms with E-state index in [1.807, 2.05) is 6.92 Å². The zero-order valence-electron chi connectivity index (χ0n) is 17.7. The van der Waals surface area contributed by atoms with Crippen LogP contribution in [0.4, 0.5) is 0 Å². The predicted molar refractivity (Wildman–Crippen MR) is 129 cm³/mol. The van der Waals surface area contributed by atoms with Crippen LogP contribution >= 0.6 is 24.0 Å². The Morgan fingerprint density at radius 2 is 2.00 bits per heavy atom. The second kappa shape index (κ2) is 11.4. The number of hydrogen-bond acceptors (Lipinski definition) is 3. The number of hydrogen-bond donors (Lipinski definition) is 2. The minimum absolute atomic E-state index is 0. The SMILES string of the molecule is CCNC(=NCCc1c(C)[nH]c2ccccc12)N1CCC(C(=O)OCC)CC1.I. The van der Waals surface area contributed by atoms with E-state index in [2.05, 4.69) is 53.3 Å². The van der Waals surface area contributed by atoms with Crippen LogP contribution in [0.3, 0.4) is 0 Å². The summed E-state index contributed by atoms with van der Waals surface area (Å²) in [5, 5.41) is 4.69. The van der Waals surface area contributed by atoms with Crippen LogP contribution in [0.1, 0.15) is 37.9 Å². The number of piperidine rings is 1. The Balaban J connectivity index is 0.00000300. The summed E-state index contributed by atoms with van der Waals surface area (Å²) >= 11 is 0. The molecule has 1 aliphatic heterocycles. The number of carbonyl (C=O) groups is 1. The zero-order chi connectivity index (χ0) is 19.9. The van der Waals surface area contributed by atoms with Crippen molar-refractivity contribution < 1.29 is 9.53 Å². The van der Waals surface area contributed by atoms with E-state index in [-0.39, 0.29) is 35.9 Å². The number of para-hydroxylation sites is 1. The van der Waals surface area contributed by atoms with Gasteiger partial charge in [-0.2, -0.15) is 0 Å². The van der Waals surface area contributed by atoms with E-state index in [1.165, 1.54) is 22.2 Å². The second-order valence-electron chi connectivity index (χ2n) is 7.27. The summed E-state index contributed by atoms with van der Waals surface area (Å²) in [6.07, 6.45) is 2.56. The summed E-state index contributed by atoms with van der Waals surface area (Å²) < 4.78 is 5.17. The maximum Gasteiger partial charge on any atom is 0.309 e. The summed E-state index contributed by atoms with van der Waals surface area (Å²) in [4.78, 5) is 22.5. The van der Waals surface area contributed by atoms with E-state index >= 15 is 0 Å². The molecule has 0 bridgehead atoms. The maximum atomic E-state index is 12.0. The number of ether oxygens (including phenoxy) is 1. The number of aliphatic imine (C=N–C) groups is 1. The van der Waals surface area contributed by atoms with Crippen LogP contribution in [0.15, 0.2) is 29.3 Å². The molecule has 1 fully saturated rings. The summed E-state index contributed by atoms with van der Waals surface area (Å²) in [7, 11) is 0. The van der Waals surface area contributed by atoms with Crippen molar-refractivity contribution in [2.24, 2.45) is 10.9 Å². The van der Waals surface area contributed by atoms with Gasteiger partial charge in [0.1, 0.15) is 0 Å². The van der Waals surface area contributed by atoms with Gasteiger partial charge in [-0.1, -0.05) is 18.2 Å². The molecule has 0 unspecified atom stereocenters. The quantitative estimate of drug-likeness (QED) is 0.267. The third-order valence-electron chi connectivity index (χ3n) is 5.40. The maximum absolute atomic E-state index is 12.0. The van der Waals surface area contributed by atoms with Crippen molar-refractivity contribution in [3.05, 3.63) is 35.5 Å². The van der Waals surface area contributed by atoms with Crippen molar-refractivity contribution in [2.45, 2.75) is 40.0 Å². The van der Waals surface area contributed by atoms with Crippen LogP contribution in [0.25, 0.3) is 10.9 Å². The highest BCUT2D eigenvalue weighted by molar-refractivity contribution is 14.0. The highest BCUT2D eigenvalue weighted by atomic mass is 127. The Kier molecular flexibility index (Phi) is 9.26. The first-order chi connectivity index (χ1) is 13.6. The molecular formula is C22H33IN4O2. The van der Waals surface area contributed by atoms with Crippen LogP contribution in [-0.4, -0.2) is 54.6 Å². The number of guanidine groups is 1. The van der Waals surface area contributed by atoms with E-state index in [0.717, 1.165) is 51.4 Å². The van der Waals surface area contributed by atoms with Crippen molar-refractivity contribution in [1.82, 2.24) is 15.2 Å². The average Bonchev–Trinajstić information content (AvgIpc) is 3.03. The lowest BCUT2D eigenvalue weighted by molar-refractivity contribution is -0.149. The average molecular weight is 512 g/mol. The summed E-state index contributed by atoms with van der Waals surface area (Å²) in [5.41, 5.74) is 3.75. The third-order valence-corrected chi connectivity index (χ3v) is 5.40. The lowest BCUT2D eigenvalue weighted by atomic mass is 9.97. The number of likely N-dealkylation sites (tertiary alicyclic amines) is 1. The Morgan fingerprint density at radius 3 is 2.69 bits per heavy atom. The Bertz CT molecular complexity index is 825. The molecule has 3 rings (SSSR count). The molecule has 1 saturated heterocycles. The number of benzene rings is 1. The van der Waals surface area contributed by atoms with Gasteiger partial charge in [0.2, 0.25) is 0 Å². The smallest absolute Gasteiger partial charge is 0.309 e. The van der Waals surface area contributed by atoms with Gasteiger partial charge in [-0.05, 0) is 51.7 Å². The molecule has 0 amide bonds. The Morgan fingerprint density at radius 1 is 1.28 bits per heavy atom. The van der Waals surface area contributed by atoms with E-state index in [1.54, 1.807) is 0 Å². The molecule has 7 heteroatoms. The molecule has 0 radical (unpaired) electrons. The predicted octanol–water partition coefficient (Wildman–Crippen LogP) is 3.88. The van der Waals surface area contributed by atoms with Crippen molar-refractivity contribution in [1.29, 1.82) is 0 Å². The first-order valence-electron chi connectivity index (χ1n) is 10.4. The van der Waals surface area contributed by atoms with Gasteiger partial charge >= 0.3 is 5.97 Å². The monoisotopic (exact) mass is 512 g/mol. The van der Waals surface area contributed by atoms with Crippen molar-refractivity contribution in [2.75, 3.05) is 32.8 Å². The van der Waals surface area contributed by atoms with Crippen LogP contribution in [-0.2, 0) is 16.0 Å². The lowest BCUT2D eigenvalue weighted by Crippen LogP contribution is -2.46. The van der Waals surface area contributed by atoms with E-state index in [4.69, 9.17) is 9.73 Å². The highest BCUT2D eigenvalue weighted by Crippen LogP contribution is 2.22. The number of rotatable bonds is 6. The molecule has 1 aliphatic rings. The standard InChI is InChI=1S/C22H32N4O2.HI/c1-4-23-22(26-14-11-17(12-15-26)21(27)28-5-2)24-13-10-18-16(3)25-20-9-7-6-8-19(18)20;/h6-9,17,25H,4-5,10-15H2,1-3H3,(H,23,24);1H. The van der Waals surface area contributed by atoms with Crippen LogP contribution < -0.4 is 5.32 Å². The number of H-pyrrole nitrogens is 1. The molecule has 0 spiro atoms. The number of halogens is 1. The van der Waals surface area contributed by atoms with Gasteiger partial charge in [0.05, 0.1) is 12.5 Å². The molecule has 2 aromatic rings. The van der Waals surface area contributed by atoms with Gasteiger partial charge < -0.3 is 19.9 Å². The number of carbonyl (C=O) groups excluding carboxylic acids is 1. The second-order valence-corrected chi connectivity index (χ2v) is 7.27. The fourth-order valence-corrected chi connectivity index (χ4v) is 3.94. The number of aromatic nitrogens is 1. The van der Waals surface area contributed by atoms with Crippen molar-refractivity contribution >= 4 is 46.8 Å². The van der Waals surface area contributed by atoms with Gasteiger partial charge in [-0.3, -0.25) is 9.79 Å². The van der Waals surface area contributed by atoms with Crippen molar-refractivity contribution in [3.8, 4) is 0 Å². The minimum atomic E-state index is -0.0566. The largest absolute Gasteiger partial charge is 0.466 e. The minimum Gasteiger partial charge on any atom is -0.466 e. The fourth-order valence-electron chi connectivity index (χ4n) is 3.94. The van der Waals surface area contributed by atoms with Gasteiger partial charge in [-0.15, -0.1) is 24.0 Å². The normalized spacial score (nSPS) is 15.3. The molecule has 2 N–H and O–H groups in total. The molecule has 29 heavy (non-hydrogen) atoms. The summed E-state index contributed by atoms with van der Waals surface area (Å²) in [5.74, 6) is 0.911. The van der Waals surface area contributed by atoms with Crippen LogP contribution in [0.2, 0.25) is 0 Å². The molecular weight excluding hydrogens is 479 g/mol. The molecule has 1 aromatic heterocycles. The number of fused-ring (bicyclic) bond motifs is 1. The van der Waals surface area contributed by atoms with Gasteiger partial charge in [-0.25, -0.2) is 0 Å². The Hall–Kier alpha value is -1.77. The lowest BCUT2D eigenvalue weighted by Gasteiger charge is -2.33. The highest BCUT2D eigenvalue weighted by Gasteiger charge is 2.27. The van der Waals surface area contributed by atoms with Crippen molar-refractivity contribution in [3.63, 3.8) is 0 Å². The molecule has 0 saturated carbocycles. The topological polar surface area (TPSA) is 69.7 Å². The van der Waals surface area contributed by atoms with E-state index in [0.29, 0.717) is 6.61 Å². The third kappa shape index (κ3) is 5.87. The number of nitrogens with zero attached hydrogens (tertiary/aromatic N) is 2. The molecule has 2 heterocycles. The number of nitrogens with one attached hydrogen (secondary N) is 2. The van der Waals surface area contributed by atoms with Crippen LogP contribution in [0, 0.1) is 12.8 Å². The summed E-state index contributed by atoms with van der Waals surface area (Å²) in [6, 6.07) is 8.43. The Labute approximate surface area is 190 Å². The fraction of sp³-hybridized carbons (Fsp3) is 0.545. The zero-order valence-corrected chi connectivity index (χ0v) is 20.0. The number of aromatic amines is 1. The van der Waals surface area contributed by atoms with Gasteiger partial charge in [0, 0.05) is 42.8 Å². The van der Waals surface area contributed by atoms with E-state index < -0.39 is 0 Å². The first kappa shape index (κ1) is 23.5. The van der Waals surface area contributed by atoms with Gasteiger partial charge in [0.25, 0.3) is 0 Å². The molecule has 6 nitrogen and oxygen atoms in total. The summed E-state index contributed by atoms with van der Waals surface area (Å²) in [6.45, 7) is 9.78. The van der Waals surface area contributed by atoms with Gasteiger partial charge in [0.15, 0.2) is 5.96 Å². The van der Waals surface area contributed by atoms with Crippen LogP contribution in [0.5, 0.6) is 0 Å². The molecule has 160 valence electrons. The van der Waals surface area contributed by atoms with E-state index in [9.17, 15) is 4.79 Å².